The van der Waals surface area contributed by atoms with Crippen LogP contribution in [0, 0.1) is 10.1 Å². The fourth-order valence-electron chi connectivity index (χ4n) is 4.11. The molecule has 1 unspecified atom stereocenters. The van der Waals surface area contributed by atoms with Gasteiger partial charge in [0, 0.05) is 23.7 Å². The molecule has 1 atom stereocenters. The Hall–Kier alpha value is -3.49. The molecule has 1 amide bonds. The van der Waals surface area contributed by atoms with Gasteiger partial charge in [-0.3, -0.25) is 14.9 Å². The number of carbonyl (C=O) groups is 1. The predicted octanol–water partition coefficient (Wildman–Crippen LogP) is 5.74. The molecule has 182 valence electrons. The van der Waals surface area contributed by atoms with Crippen LogP contribution in [0.1, 0.15) is 27.5 Å². The molecule has 0 N–H and O–H groups in total. The minimum Gasteiger partial charge on any atom is -0.493 e. The fraction of sp³-hybridized carbons (Fsp3) is 0.240. The van der Waals surface area contributed by atoms with Crippen LogP contribution in [-0.2, 0) is 6.42 Å². The van der Waals surface area contributed by atoms with E-state index in [1.54, 1.807) is 37.3 Å². The maximum atomic E-state index is 13.6. The van der Waals surface area contributed by atoms with Crippen molar-refractivity contribution in [1.82, 2.24) is 4.90 Å². The van der Waals surface area contributed by atoms with Gasteiger partial charge in [-0.05, 0) is 60.0 Å². The van der Waals surface area contributed by atoms with Crippen molar-refractivity contribution < 1.29 is 23.9 Å². The third-order valence-electron chi connectivity index (χ3n) is 5.88. The van der Waals surface area contributed by atoms with Crippen molar-refractivity contribution in [3.05, 3.63) is 91.4 Å². The van der Waals surface area contributed by atoms with Crippen molar-refractivity contribution in [3.63, 3.8) is 0 Å². The topological polar surface area (TPSA) is 91.1 Å². The molecule has 10 heteroatoms. The molecule has 0 aromatic heterocycles. The van der Waals surface area contributed by atoms with E-state index in [9.17, 15) is 14.9 Å². The Balaban J connectivity index is 1.71. The number of carbonyl (C=O) groups excluding carboxylic acids is 1. The van der Waals surface area contributed by atoms with Gasteiger partial charge in [-0.15, -0.1) is 0 Å². The molecule has 0 aliphatic carbocycles. The van der Waals surface area contributed by atoms with Gasteiger partial charge < -0.3 is 19.1 Å². The van der Waals surface area contributed by atoms with Crippen molar-refractivity contribution in [3.8, 4) is 17.2 Å². The number of nitrogens with zero attached hydrogens (tertiary/aromatic N) is 2. The maximum absolute atomic E-state index is 13.6. The monoisotopic (exact) mass is 516 g/mol. The predicted molar refractivity (Wildman–Crippen MR) is 132 cm³/mol. The standard InChI is InChI=1S/C25H22Cl2N2O6/c1-33-23-11-15-9-10-28(25(30)20-12-16(26)3-8-21(20)27)22(19(15)13-24(23)34-2)14-35-18-6-4-17(5-7-18)29(31)32/h3-8,11-13,22H,9-10,14H2,1-2H3. The smallest absolute Gasteiger partial charge is 0.269 e. The fourth-order valence-corrected chi connectivity index (χ4v) is 4.48. The zero-order valence-corrected chi connectivity index (χ0v) is 20.5. The Kier molecular flexibility index (Phi) is 7.33. The molecule has 0 bridgehead atoms. The van der Waals surface area contributed by atoms with Crippen LogP contribution in [0.5, 0.6) is 17.2 Å². The summed E-state index contributed by atoms with van der Waals surface area (Å²) in [5.41, 5.74) is 2.11. The highest BCUT2D eigenvalue weighted by atomic mass is 35.5. The van der Waals surface area contributed by atoms with E-state index in [1.165, 1.54) is 24.3 Å². The first-order valence-electron chi connectivity index (χ1n) is 10.7. The van der Waals surface area contributed by atoms with Crippen molar-refractivity contribution in [2.24, 2.45) is 0 Å². The van der Waals surface area contributed by atoms with Gasteiger partial charge in [0.1, 0.15) is 12.4 Å². The van der Waals surface area contributed by atoms with Crippen LogP contribution in [0.2, 0.25) is 10.0 Å². The molecule has 1 heterocycles. The molecule has 8 nitrogen and oxygen atoms in total. The third-order valence-corrected chi connectivity index (χ3v) is 6.44. The Morgan fingerprint density at radius 3 is 2.40 bits per heavy atom. The lowest BCUT2D eigenvalue weighted by Crippen LogP contribution is -2.42. The van der Waals surface area contributed by atoms with Gasteiger partial charge in [-0.25, -0.2) is 0 Å². The lowest BCUT2D eigenvalue weighted by Gasteiger charge is -2.38. The van der Waals surface area contributed by atoms with Crippen LogP contribution in [0.25, 0.3) is 0 Å². The average Bonchev–Trinajstić information content (AvgIpc) is 2.87. The van der Waals surface area contributed by atoms with Crippen LogP contribution in [0.4, 0.5) is 5.69 Å². The molecule has 3 aromatic carbocycles. The number of rotatable bonds is 7. The summed E-state index contributed by atoms with van der Waals surface area (Å²) in [7, 11) is 3.11. The molecule has 0 saturated heterocycles. The quantitative estimate of drug-likeness (QED) is 0.293. The zero-order chi connectivity index (χ0) is 25.1. The average molecular weight is 517 g/mol. The summed E-state index contributed by atoms with van der Waals surface area (Å²) in [6.45, 7) is 0.517. The number of nitro benzene ring substituents is 1. The minimum absolute atomic E-state index is 0.0374. The highest BCUT2D eigenvalue weighted by Crippen LogP contribution is 2.39. The van der Waals surface area contributed by atoms with Crippen LogP contribution in [0.15, 0.2) is 54.6 Å². The van der Waals surface area contributed by atoms with E-state index in [-0.39, 0.29) is 18.2 Å². The van der Waals surface area contributed by atoms with E-state index in [2.05, 4.69) is 0 Å². The first-order valence-corrected chi connectivity index (χ1v) is 11.5. The van der Waals surface area contributed by atoms with Crippen LogP contribution < -0.4 is 14.2 Å². The summed E-state index contributed by atoms with van der Waals surface area (Å²) in [5.74, 6) is 1.28. The minimum atomic E-state index is -0.490. The Bertz CT molecular complexity index is 1270. The Morgan fingerprint density at radius 1 is 1.06 bits per heavy atom. The maximum Gasteiger partial charge on any atom is 0.269 e. The number of hydrogen-bond acceptors (Lipinski definition) is 6. The van der Waals surface area contributed by atoms with Gasteiger partial charge in [0.25, 0.3) is 11.6 Å². The molecule has 0 saturated carbocycles. The lowest BCUT2D eigenvalue weighted by atomic mass is 9.91. The molecule has 0 fully saturated rings. The number of hydrogen-bond donors (Lipinski definition) is 0. The van der Waals surface area contributed by atoms with Crippen molar-refractivity contribution >= 4 is 34.8 Å². The number of halogens is 2. The number of amides is 1. The van der Waals surface area contributed by atoms with Crippen molar-refractivity contribution in [2.75, 3.05) is 27.4 Å². The van der Waals surface area contributed by atoms with Gasteiger partial charge >= 0.3 is 0 Å². The number of ether oxygens (including phenoxy) is 3. The third kappa shape index (κ3) is 5.13. The summed E-state index contributed by atoms with van der Waals surface area (Å²) in [5, 5.41) is 11.7. The second-order valence-electron chi connectivity index (χ2n) is 7.86. The van der Waals surface area contributed by atoms with Gasteiger partial charge in [0.2, 0.25) is 0 Å². The largest absolute Gasteiger partial charge is 0.493 e. The van der Waals surface area contributed by atoms with Gasteiger partial charge in [-0.1, -0.05) is 23.2 Å². The second-order valence-corrected chi connectivity index (χ2v) is 8.70. The van der Waals surface area contributed by atoms with Gasteiger partial charge in [0.15, 0.2) is 11.5 Å². The molecule has 4 rings (SSSR count). The number of benzene rings is 3. The molecule has 35 heavy (non-hydrogen) atoms. The molecule has 1 aliphatic rings. The normalized spacial score (nSPS) is 14.7. The first kappa shape index (κ1) is 24.6. The van der Waals surface area contributed by atoms with E-state index in [0.717, 1.165) is 11.1 Å². The molecule has 3 aromatic rings. The molecule has 0 radical (unpaired) electrons. The van der Waals surface area contributed by atoms with E-state index < -0.39 is 11.0 Å². The van der Waals surface area contributed by atoms with E-state index in [4.69, 9.17) is 37.4 Å². The second kappa shape index (κ2) is 10.4. The summed E-state index contributed by atoms with van der Waals surface area (Å²) in [6, 6.07) is 13.8. The van der Waals surface area contributed by atoms with Crippen molar-refractivity contribution in [1.29, 1.82) is 0 Å². The number of nitro groups is 1. The highest BCUT2D eigenvalue weighted by molar-refractivity contribution is 6.35. The highest BCUT2D eigenvalue weighted by Gasteiger charge is 2.34. The van der Waals surface area contributed by atoms with Gasteiger partial charge in [-0.2, -0.15) is 0 Å². The first-order chi connectivity index (χ1) is 16.8. The summed E-state index contributed by atoms with van der Waals surface area (Å²) in [4.78, 5) is 25.8. The SMILES string of the molecule is COc1cc2c(cc1OC)C(COc1ccc([N+](=O)[O-])cc1)N(C(=O)c1cc(Cl)ccc1Cl)CC2. The molecular formula is C25H22Cl2N2O6. The summed E-state index contributed by atoms with van der Waals surface area (Å²) < 4.78 is 16.9. The lowest BCUT2D eigenvalue weighted by molar-refractivity contribution is -0.384. The van der Waals surface area contributed by atoms with Crippen LogP contribution in [-0.4, -0.2) is 43.1 Å². The van der Waals surface area contributed by atoms with E-state index in [0.29, 0.717) is 45.8 Å². The van der Waals surface area contributed by atoms with Gasteiger partial charge in [0.05, 0.1) is 35.8 Å². The summed E-state index contributed by atoms with van der Waals surface area (Å²) >= 11 is 12.5. The zero-order valence-electron chi connectivity index (χ0n) is 19.0. The molecule has 0 spiro atoms. The molecular weight excluding hydrogens is 495 g/mol. The summed E-state index contributed by atoms with van der Waals surface area (Å²) in [6.07, 6.45) is 0.591. The van der Waals surface area contributed by atoms with Crippen LogP contribution in [0.3, 0.4) is 0 Å². The van der Waals surface area contributed by atoms with E-state index in [1.807, 2.05) is 12.1 Å². The Morgan fingerprint density at radius 2 is 1.74 bits per heavy atom. The van der Waals surface area contributed by atoms with Crippen LogP contribution >= 0.6 is 23.2 Å². The van der Waals surface area contributed by atoms with Crippen molar-refractivity contribution in [2.45, 2.75) is 12.5 Å². The number of fused-ring (bicyclic) bond motifs is 1. The Labute approximate surface area is 212 Å². The number of methoxy groups -OCH3 is 2. The molecule has 1 aliphatic heterocycles. The number of non-ortho nitro benzene ring substituents is 1. The van der Waals surface area contributed by atoms with E-state index >= 15 is 0 Å².